The Morgan fingerprint density at radius 3 is 2.20 bits per heavy atom. The van der Waals surface area contributed by atoms with Crippen LogP contribution in [0.25, 0.3) is 0 Å². The average Bonchev–Trinajstić information content (AvgIpc) is 3.09. The van der Waals surface area contributed by atoms with Crippen molar-refractivity contribution >= 4 is 45.2 Å². The predicted octanol–water partition coefficient (Wildman–Crippen LogP) is 3.89. The second-order valence-corrected chi connectivity index (χ2v) is 9.66. The summed E-state index contributed by atoms with van der Waals surface area (Å²) in [7, 11) is -3.91. The van der Waals surface area contributed by atoms with Gasteiger partial charge in [-0.05, 0) is 42.0 Å². The fraction of sp³-hybridized carbons (Fsp3) is 0.235. The van der Waals surface area contributed by atoms with E-state index in [4.69, 9.17) is 4.18 Å². The fourth-order valence-corrected chi connectivity index (χ4v) is 6.10. The maximum Gasteiger partial charge on any atom is 0.339 e. The van der Waals surface area contributed by atoms with Crippen molar-refractivity contribution < 1.29 is 17.4 Å². The van der Waals surface area contributed by atoms with E-state index in [2.05, 4.69) is 5.32 Å². The lowest BCUT2D eigenvalue weighted by atomic mass is 10.2. The van der Waals surface area contributed by atoms with Crippen LogP contribution in [0.4, 0.5) is 5.69 Å². The lowest BCUT2D eigenvalue weighted by Gasteiger charge is -2.11. The number of amides is 1. The zero-order valence-corrected chi connectivity index (χ0v) is 15.9. The molecule has 0 atom stereocenters. The maximum atomic E-state index is 12.4. The van der Waals surface area contributed by atoms with Crippen LogP contribution in [0.1, 0.15) is 17.1 Å². The quantitative estimate of drug-likeness (QED) is 0.775. The van der Waals surface area contributed by atoms with Gasteiger partial charge in [0.05, 0.1) is 4.58 Å². The van der Waals surface area contributed by atoms with E-state index in [0.29, 0.717) is 10.3 Å². The van der Waals surface area contributed by atoms with E-state index in [-0.39, 0.29) is 16.6 Å². The van der Waals surface area contributed by atoms with Gasteiger partial charge in [-0.3, -0.25) is 4.79 Å². The van der Waals surface area contributed by atoms with Crippen molar-refractivity contribution in [2.24, 2.45) is 0 Å². The first-order valence-electron chi connectivity index (χ1n) is 7.59. The average molecular weight is 396 g/mol. The van der Waals surface area contributed by atoms with Gasteiger partial charge in [0, 0.05) is 24.1 Å². The van der Waals surface area contributed by atoms with Gasteiger partial charge < -0.3 is 9.50 Å². The summed E-state index contributed by atoms with van der Waals surface area (Å²) in [4.78, 5) is 11.0. The molecule has 8 heteroatoms. The summed E-state index contributed by atoms with van der Waals surface area (Å²) in [6.07, 6.45) is 0. The third kappa shape index (κ3) is 4.71. The zero-order valence-electron chi connectivity index (χ0n) is 13.5. The predicted molar refractivity (Wildman–Crippen MR) is 103 cm³/mol. The van der Waals surface area contributed by atoms with Crippen LogP contribution in [0.3, 0.4) is 0 Å². The van der Waals surface area contributed by atoms with Crippen molar-refractivity contribution in [3.8, 4) is 5.75 Å². The van der Waals surface area contributed by atoms with Gasteiger partial charge >= 0.3 is 10.1 Å². The molecule has 5 nitrogen and oxygen atoms in total. The number of rotatable bonds is 5. The Balaban J connectivity index is 1.71. The molecule has 0 saturated carbocycles. The normalized spacial score (nSPS) is 15.1. The number of benzene rings is 2. The molecule has 1 aliphatic rings. The summed E-state index contributed by atoms with van der Waals surface area (Å²) in [6, 6.07) is 13.0. The molecule has 1 heterocycles. The van der Waals surface area contributed by atoms with Gasteiger partial charge in [-0.25, -0.2) is 0 Å². The second kappa shape index (κ2) is 7.72. The Labute approximate surface area is 155 Å². The number of carbonyl (C=O) groups is 1. The number of anilines is 1. The molecule has 3 rings (SSSR count). The van der Waals surface area contributed by atoms with Crippen LogP contribution in [0.15, 0.2) is 53.4 Å². The summed E-state index contributed by atoms with van der Waals surface area (Å²) in [5.41, 5.74) is 1.69. The smallest absolute Gasteiger partial charge is 0.339 e. The van der Waals surface area contributed by atoms with Crippen molar-refractivity contribution in [2.45, 2.75) is 16.4 Å². The third-order valence-corrected chi connectivity index (χ3v) is 7.81. The van der Waals surface area contributed by atoms with Crippen molar-refractivity contribution in [1.29, 1.82) is 0 Å². The van der Waals surface area contributed by atoms with Crippen molar-refractivity contribution in [1.82, 2.24) is 0 Å². The number of carbonyl (C=O) groups excluding carboxylic acids is 1. The van der Waals surface area contributed by atoms with Gasteiger partial charge in [0.15, 0.2) is 0 Å². The lowest BCUT2D eigenvalue weighted by molar-refractivity contribution is -0.114. The van der Waals surface area contributed by atoms with Crippen LogP contribution in [0.5, 0.6) is 5.75 Å². The third-order valence-electron chi connectivity index (χ3n) is 3.44. The highest BCUT2D eigenvalue weighted by atomic mass is 32.2. The fourth-order valence-electron chi connectivity index (χ4n) is 2.31. The Morgan fingerprint density at radius 1 is 1.04 bits per heavy atom. The van der Waals surface area contributed by atoms with E-state index >= 15 is 0 Å². The van der Waals surface area contributed by atoms with Crippen molar-refractivity contribution in [2.75, 3.05) is 16.8 Å². The van der Waals surface area contributed by atoms with Gasteiger partial charge in [0.25, 0.3) is 0 Å². The Kier molecular flexibility index (Phi) is 5.61. The van der Waals surface area contributed by atoms with Crippen LogP contribution >= 0.6 is 23.5 Å². The second-order valence-electron chi connectivity index (χ2n) is 5.39. The Morgan fingerprint density at radius 2 is 1.64 bits per heavy atom. The highest BCUT2D eigenvalue weighted by Crippen LogP contribution is 2.45. The largest absolute Gasteiger partial charge is 0.379 e. The minimum atomic E-state index is -3.91. The first-order valence-corrected chi connectivity index (χ1v) is 11.1. The minimum Gasteiger partial charge on any atom is -0.379 e. The summed E-state index contributed by atoms with van der Waals surface area (Å²) in [5.74, 6) is 2.33. The number of hydrogen-bond donors (Lipinski definition) is 1. The number of nitrogens with one attached hydrogen (secondary N) is 1. The van der Waals surface area contributed by atoms with E-state index < -0.39 is 10.1 Å². The monoisotopic (exact) mass is 395 g/mol. The van der Waals surface area contributed by atoms with Crippen molar-refractivity contribution in [3.05, 3.63) is 54.1 Å². The molecule has 1 amide bonds. The molecule has 2 aromatic carbocycles. The van der Waals surface area contributed by atoms with Gasteiger partial charge in [0.2, 0.25) is 5.91 Å². The SMILES string of the molecule is CC(=O)Nc1ccc(S(=O)(=O)Oc2ccc(C3SCCS3)cc2)cc1. The molecule has 0 spiro atoms. The molecule has 25 heavy (non-hydrogen) atoms. The van der Waals surface area contributed by atoms with E-state index in [1.807, 2.05) is 35.7 Å². The highest BCUT2D eigenvalue weighted by molar-refractivity contribution is 8.19. The van der Waals surface area contributed by atoms with E-state index in [9.17, 15) is 13.2 Å². The molecule has 1 aliphatic heterocycles. The molecule has 1 saturated heterocycles. The molecule has 0 bridgehead atoms. The van der Waals surface area contributed by atoms with Gasteiger partial charge in [-0.2, -0.15) is 8.42 Å². The van der Waals surface area contributed by atoms with Crippen LogP contribution in [0, 0.1) is 0 Å². The van der Waals surface area contributed by atoms with Crippen LogP contribution in [-0.2, 0) is 14.9 Å². The minimum absolute atomic E-state index is 0.0348. The molecule has 0 unspecified atom stereocenters. The van der Waals surface area contributed by atoms with Crippen LogP contribution in [0.2, 0.25) is 0 Å². The van der Waals surface area contributed by atoms with Crippen LogP contribution in [-0.4, -0.2) is 25.8 Å². The van der Waals surface area contributed by atoms with Crippen molar-refractivity contribution in [3.63, 3.8) is 0 Å². The van der Waals surface area contributed by atoms with Gasteiger partial charge in [-0.1, -0.05) is 12.1 Å². The van der Waals surface area contributed by atoms with E-state index in [0.717, 1.165) is 17.1 Å². The molecular formula is C17H17NO4S3. The number of thioether (sulfide) groups is 2. The molecule has 0 aliphatic carbocycles. The van der Waals surface area contributed by atoms with Gasteiger partial charge in [0.1, 0.15) is 10.6 Å². The Bertz CT molecular complexity index is 842. The summed E-state index contributed by atoms with van der Waals surface area (Å²) in [5, 5.41) is 2.59. The maximum absolute atomic E-state index is 12.4. The molecule has 0 radical (unpaired) electrons. The van der Waals surface area contributed by atoms with E-state index in [1.54, 1.807) is 12.1 Å². The van der Waals surface area contributed by atoms with Gasteiger partial charge in [-0.15, -0.1) is 23.5 Å². The zero-order chi connectivity index (χ0) is 17.9. The first-order chi connectivity index (χ1) is 11.9. The lowest BCUT2D eigenvalue weighted by Crippen LogP contribution is -2.10. The Hall–Kier alpha value is -1.64. The highest BCUT2D eigenvalue weighted by Gasteiger charge is 2.20. The molecular weight excluding hydrogens is 378 g/mol. The number of hydrogen-bond acceptors (Lipinski definition) is 6. The first kappa shape index (κ1) is 18.2. The van der Waals surface area contributed by atoms with Crippen LogP contribution < -0.4 is 9.50 Å². The topological polar surface area (TPSA) is 72.5 Å². The molecule has 2 aromatic rings. The summed E-state index contributed by atoms with van der Waals surface area (Å²) >= 11 is 3.78. The molecule has 1 fully saturated rings. The molecule has 0 aromatic heterocycles. The van der Waals surface area contributed by atoms with E-state index in [1.165, 1.54) is 31.2 Å². The molecule has 1 N–H and O–H groups in total. The summed E-state index contributed by atoms with van der Waals surface area (Å²) < 4.78 is 30.3. The molecule has 132 valence electrons. The standard InChI is InChI=1S/C17H17NO4S3/c1-12(19)18-14-4-8-16(9-5-14)25(20,21)22-15-6-2-13(3-7-15)17-23-10-11-24-17/h2-9,17H,10-11H2,1H3,(H,18,19). The summed E-state index contributed by atoms with van der Waals surface area (Å²) in [6.45, 7) is 1.39.